The van der Waals surface area contributed by atoms with E-state index in [4.69, 9.17) is 15.2 Å². The number of fused-ring (bicyclic) bond motifs is 1. The molecule has 2 aromatic rings. The van der Waals surface area contributed by atoms with Gasteiger partial charge in [-0.25, -0.2) is 0 Å². The van der Waals surface area contributed by atoms with E-state index in [1.165, 1.54) is 0 Å². The molecule has 0 saturated heterocycles. The molecular formula is C15H18N4O3. The molecule has 1 unspecified atom stereocenters. The Balaban J connectivity index is 1.76. The van der Waals surface area contributed by atoms with Crippen LogP contribution in [0.3, 0.4) is 0 Å². The summed E-state index contributed by atoms with van der Waals surface area (Å²) in [5.74, 6) is 1.87. The lowest BCUT2D eigenvalue weighted by molar-refractivity contribution is -0.116. The summed E-state index contributed by atoms with van der Waals surface area (Å²) in [6, 6.07) is 5.61. The number of H-pyrrole nitrogens is 1. The topological polar surface area (TPSA) is 102 Å². The first-order chi connectivity index (χ1) is 10.6. The fourth-order valence-electron chi connectivity index (χ4n) is 2.23. The van der Waals surface area contributed by atoms with Crippen molar-refractivity contribution in [2.24, 2.45) is 5.73 Å². The number of amides is 1. The standard InChI is InChI=1S/C15H18N4O3/c1-9(16)2-5-14(20)18-15-11(7-17-19-15)10-3-4-12-13(6-10)22-8-21-12/h3-4,6-7,9H,2,5,8,16H2,1H3,(H2,17,18,19,20). The maximum absolute atomic E-state index is 11.9. The number of hydrogen-bond donors (Lipinski definition) is 3. The van der Waals surface area contributed by atoms with Gasteiger partial charge in [0.2, 0.25) is 12.7 Å². The number of rotatable bonds is 5. The molecule has 1 amide bonds. The van der Waals surface area contributed by atoms with Gasteiger partial charge in [0, 0.05) is 18.0 Å². The second-order valence-corrected chi connectivity index (χ2v) is 5.29. The highest BCUT2D eigenvalue weighted by Crippen LogP contribution is 2.37. The van der Waals surface area contributed by atoms with E-state index in [1.54, 1.807) is 6.20 Å². The summed E-state index contributed by atoms with van der Waals surface area (Å²) in [5, 5.41) is 9.64. The lowest BCUT2D eigenvalue weighted by atomic mass is 10.1. The second-order valence-electron chi connectivity index (χ2n) is 5.29. The molecule has 1 aromatic heterocycles. The first-order valence-electron chi connectivity index (χ1n) is 7.12. The van der Waals surface area contributed by atoms with E-state index < -0.39 is 0 Å². The van der Waals surface area contributed by atoms with Gasteiger partial charge < -0.3 is 20.5 Å². The number of carbonyl (C=O) groups is 1. The molecule has 3 rings (SSSR count). The summed E-state index contributed by atoms with van der Waals surface area (Å²) >= 11 is 0. The van der Waals surface area contributed by atoms with Crippen LogP contribution < -0.4 is 20.5 Å². The zero-order valence-corrected chi connectivity index (χ0v) is 12.3. The maximum atomic E-state index is 11.9. The van der Waals surface area contributed by atoms with E-state index in [-0.39, 0.29) is 18.7 Å². The first-order valence-corrected chi connectivity index (χ1v) is 7.12. The van der Waals surface area contributed by atoms with E-state index in [2.05, 4.69) is 15.5 Å². The number of hydrogen-bond acceptors (Lipinski definition) is 5. The Kier molecular flexibility index (Phi) is 3.97. The highest BCUT2D eigenvalue weighted by molar-refractivity contribution is 5.94. The van der Waals surface area contributed by atoms with Crippen LogP contribution in [0.4, 0.5) is 5.82 Å². The molecule has 1 aliphatic heterocycles. The molecule has 7 heteroatoms. The Hall–Kier alpha value is -2.54. The smallest absolute Gasteiger partial charge is 0.231 e. The lowest BCUT2D eigenvalue weighted by Gasteiger charge is -2.08. The largest absolute Gasteiger partial charge is 0.454 e. The number of anilines is 1. The third-order valence-electron chi connectivity index (χ3n) is 3.41. The van der Waals surface area contributed by atoms with Crippen LogP contribution in [0, 0.1) is 0 Å². The number of benzene rings is 1. The summed E-state index contributed by atoms with van der Waals surface area (Å²) in [5.41, 5.74) is 7.35. The Labute approximate surface area is 127 Å². The second kappa shape index (κ2) is 6.07. The minimum atomic E-state index is -0.0939. The zero-order valence-electron chi connectivity index (χ0n) is 12.3. The van der Waals surface area contributed by atoms with Gasteiger partial charge in [0.25, 0.3) is 0 Å². The van der Waals surface area contributed by atoms with Crippen molar-refractivity contribution < 1.29 is 14.3 Å². The molecule has 116 valence electrons. The van der Waals surface area contributed by atoms with Gasteiger partial charge in [-0.3, -0.25) is 9.89 Å². The number of nitrogens with zero attached hydrogens (tertiary/aromatic N) is 1. The number of nitrogens with two attached hydrogens (primary N) is 1. The van der Waals surface area contributed by atoms with Gasteiger partial charge in [-0.2, -0.15) is 5.10 Å². The molecule has 22 heavy (non-hydrogen) atoms. The highest BCUT2D eigenvalue weighted by atomic mass is 16.7. The first kappa shape index (κ1) is 14.4. The van der Waals surface area contributed by atoms with Gasteiger partial charge in [0.05, 0.1) is 6.20 Å². The lowest BCUT2D eigenvalue weighted by Crippen LogP contribution is -2.19. The molecular weight excluding hydrogens is 284 g/mol. The van der Waals surface area contributed by atoms with Crippen LogP contribution in [0.5, 0.6) is 11.5 Å². The van der Waals surface area contributed by atoms with Gasteiger partial charge in [-0.15, -0.1) is 0 Å². The third kappa shape index (κ3) is 3.04. The Bertz CT molecular complexity index is 681. The quantitative estimate of drug-likeness (QED) is 0.782. The highest BCUT2D eigenvalue weighted by Gasteiger charge is 2.17. The summed E-state index contributed by atoms with van der Waals surface area (Å²) in [4.78, 5) is 11.9. The van der Waals surface area contributed by atoms with E-state index in [9.17, 15) is 4.79 Å². The number of aromatic amines is 1. The predicted octanol–water partition coefficient (Wildman–Crippen LogP) is 1.87. The summed E-state index contributed by atoms with van der Waals surface area (Å²) in [7, 11) is 0. The van der Waals surface area contributed by atoms with Crippen LogP contribution in [0.1, 0.15) is 19.8 Å². The fourth-order valence-corrected chi connectivity index (χ4v) is 2.23. The van der Waals surface area contributed by atoms with Gasteiger partial charge in [0.1, 0.15) is 5.82 Å². The van der Waals surface area contributed by atoms with Gasteiger partial charge in [0.15, 0.2) is 11.5 Å². The number of carbonyl (C=O) groups excluding carboxylic acids is 1. The molecule has 1 aliphatic rings. The van der Waals surface area contributed by atoms with Crippen LogP contribution in [0.2, 0.25) is 0 Å². The predicted molar refractivity (Wildman–Crippen MR) is 81.7 cm³/mol. The van der Waals surface area contributed by atoms with Crippen molar-refractivity contribution in [3.63, 3.8) is 0 Å². The average Bonchev–Trinajstić information content (AvgIpc) is 3.12. The van der Waals surface area contributed by atoms with Crippen LogP contribution >= 0.6 is 0 Å². The number of ether oxygens (including phenoxy) is 2. The van der Waals surface area contributed by atoms with Crippen molar-refractivity contribution in [2.45, 2.75) is 25.8 Å². The van der Waals surface area contributed by atoms with E-state index in [0.717, 1.165) is 16.9 Å². The molecule has 0 spiro atoms. The van der Waals surface area contributed by atoms with Crippen molar-refractivity contribution in [1.82, 2.24) is 10.2 Å². The Morgan fingerprint density at radius 3 is 3.09 bits per heavy atom. The van der Waals surface area contributed by atoms with Crippen molar-refractivity contribution >= 4 is 11.7 Å². The summed E-state index contributed by atoms with van der Waals surface area (Å²) in [6.45, 7) is 2.10. The molecule has 0 bridgehead atoms. The molecule has 7 nitrogen and oxygen atoms in total. The van der Waals surface area contributed by atoms with E-state index in [1.807, 2.05) is 25.1 Å². The summed E-state index contributed by atoms with van der Waals surface area (Å²) < 4.78 is 10.7. The maximum Gasteiger partial charge on any atom is 0.231 e. The van der Waals surface area contributed by atoms with Crippen molar-refractivity contribution in [3.05, 3.63) is 24.4 Å². The summed E-state index contributed by atoms with van der Waals surface area (Å²) in [6.07, 6.45) is 2.68. The number of aromatic nitrogens is 2. The van der Waals surface area contributed by atoms with Gasteiger partial charge in [-0.05, 0) is 31.0 Å². The van der Waals surface area contributed by atoms with E-state index in [0.29, 0.717) is 24.4 Å². The van der Waals surface area contributed by atoms with Crippen molar-refractivity contribution in [2.75, 3.05) is 12.1 Å². The normalized spacial score (nSPS) is 13.9. The van der Waals surface area contributed by atoms with Gasteiger partial charge >= 0.3 is 0 Å². The molecule has 0 fully saturated rings. The Morgan fingerprint density at radius 2 is 2.27 bits per heavy atom. The SMILES string of the molecule is CC(N)CCC(=O)Nc1[nH]ncc1-c1ccc2c(c1)OCO2. The fraction of sp³-hybridized carbons (Fsp3) is 0.333. The van der Waals surface area contributed by atoms with Crippen molar-refractivity contribution in [1.29, 1.82) is 0 Å². The Morgan fingerprint density at radius 1 is 1.45 bits per heavy atom. The van der Waals surface area contributed by atoms with Gasteiger partial charge in [-0.1, -0.05) is 6.07 Å². The molecule has 4 N–H and O–H groups in total. The molecule has 1 aromatic carbocycles. The number of nitrogens with one attached hydrogen (secondary N) is 2. The minimum Gasteiger partial charge on any atom is -0.454 e. The molecule has 2 heterocycles. The molecule has 1 atom stereocenters. The molecule has 0 aliphatic carbocycles. The monoisotopic (exact) mass is 302 g/mol. The third-order valence-corrected chi connectivity index (χ3v) is 3.41. The van der Waals surface area contributed by atoms with Crippen LogP contribution in [0.15, 0.2) is 24.4 Å². The average molecular weight is 302 g/mol. The zero-order chi connectivity index (χ0) is 15.5. The van der Waals surface area contributed by atoms with E-state index >= 15 is 0 Å². The minimum absolute atomic E-state index is 0.000784. The van der Waals surface area contributed by atoms with Crippen molar-refractivity contribution in [3.8, 4) is 22.6 Å². The molecule has 0 radical (unpaired) electrons. The van der Waals surface area contributed by atoms with Crippen LogP contribution in [-0.2, 0) is 4.79 Å². The molecule has 0 saturated carbocycles. The van der Waals surface area contributed by atoms with Crippen LogP contribution in [-0.4, -0.2) is 28.9 Å². The van der Waals surface area contributed by atoms with Crippen LogP contribution in [0.25, 0.3) is 11.1 Å².